The Balaban J connectivity index is 0.609. The number of nitrogens with zero attached hydrogens (tertiary/aromatic N) is 1. The van der Waals surface area contributed by atoms with E-state index in [0.717, 1.165) is 44.5 Å². The molecule has 1 aromatic heterocycles. The van der Waals surface area contributed by atoms with Crippen LogP contribution >= 0.6 is 0 Å². The lowest BCUT2D eigenvalue weighted by atomic mass is 9.64. The summed E-state index contributed by atoms with van der Waals surface area (Å²) in [6, 6.07) is 88.4. The third-order valence-electron chi connectivity index (χ3n) is 21.6. The van der Waals surface area contributed by atoms with E-state index < -0.39 is 23.0 Å². The highest BCUT2D eigenvalue weighted by molar-refractivity contribution is 6.11. The van der Waals surface area contributed by atoms with Crippen molar-refractivity contribution >= 4 is 35.1 Å². The SMILES string of the molecule is CC(C)(C)c1ccc(C(c2ccc(NC(=O)OCCOCCOc3ccc(C(=O)c4cccc(C(=O)c5ccc(OCCOCCOC(=O)Nc6ccc(C(c7ccc(C(C)(C)C)cc7)(c7ccc(C(C)(C)C)cc7)c7ccc(C(C)(C)C)cc7)cc6)cc5)n4)cc3)cc2)(c2ccc(C(C)(C)C)cc2)c2ccc(C(C)(C)C)cc2)cc1. The van der Waals surface area contributed by atoms with Gasteiger partial charge >= 0.3 is 12.2 Å². The first-order valence-electron chi connectivity index (χ1n) is 40.3. The molecule has 0 atom stereocenters. The number of aromatic nitrogens is 1. The highest BCUT2D eigenvalue weighted by Crippen LogP contribution is 2.49. The quantitative estimate of drug-likeness (QED) is 0.0273. The Morgan fingerprint density at radius 3 is 0.681 bits per heavy atom. The molecule has 0 saturated heterocycles. The highest BCUT2D eigenvalue weighted by atomic mass is 16.6. The summed E-state index contributed by atoms with van der Waals surface area (Å²) >= 11 is 0. The second kappa shape index (κ2) is 35.9. The number of ketones is 2. The summed E-state index contributed by atoms with van der Waals surface area (Å²) in [5.41, 5.74) is 17.0. The number of carbonyl (C=O) groups is 4. The molecule has 0 radical (unpaired) electrons. The van der Waals surface area contributed by atoms with E-state index in [2.05, 4.69) is 310 Å². The lowest BCUT2D eigenvalue weighted by Crippen LogP contribution is -2.31. The van der Waals surface area contributed by atoms with Crippen molar-refractivity contribution in [3.8, 4) is 11.5 Å². The number of pyridine rings is 1. The molecule has 11 rings (SSSR count). The van der Waals surface area contributed by atoms with E-state index in [0.29, 0.717) is 34.0 Å². The Bertz CT molecular complexity index is 4510. The Labute approximate surface area is 688 Å². The minimum Gasteiger partial charge on any atom is -0.491 e. The normalized spacial score (nSPS) is 12.4. The number of amides is 2. The van der Waals surface area contributed by atoms with Crippen LogP contribution in [0.15, 0.2) is 261 Å². The maximum atomic E-state index is 13.7. The Morgan fingerprint density at radius 2 is 0.457 bits per heavy atom. The van der Waals surface area contributed by atoms with Gasteiger partial charge in [0.15, 0.2) is 0 Å². The molecule has 2 N–H and O–H groups in total. The van der Waals surface area contributed by atoms with Crippen LogP contribution in [0, 0.1) is 0 Å². The summed E-state index contributed by atoms with van der Waals surface area (Å²) in [6.45, 7) is 41.4. The van der Waals surface area contributed by atoms with Crippen molar-refractivity contribution in [1.82, 2.24) is 4.98 Å². The number of benzene rings is 10. The Kier molecular flexibility index (Phi) is 26.5. The number of nitrogens with one attached hydrogen (secondary N) is 2. The topological polar surface area (TPSA) is 161 Å². The zero-order chi connectivity index (χ0) is 83.4. The van der Waals surface area contributed by atoms with Crippen LogP contribution < -0.4 is 20.1 Å². The number of anilines is 2. The standard InChI is InChI=1S/C103H115N3O10/c1-96(2,3)72-26-38-78(39-27-72)102(79-40-28-73(29-41-79)97(4,5)6,80-42-30-74(31-43-80)98(7,8)9)84-50-54-86(55-51-84)104-94(109)115-68-64-111-62-66-113-88-58-22-70(23-59-88)92(107)90-20-19-21-91(106-90)93(108)71-24-60-89(61-25-71)114-67-63-112-65-69-116-95(110)105-87-56-52-85(53-57-87)103(81-44-32-75(33-45-81)99(10,11)12,82-46-34-76(35-47-82)100(13,14)15)83-48-36-77(37-49-83)101(16,17)18/h19-61H,62-69H2,1-18H3,(H,104,109)(H,105,110). The molecule has 0 aliphatic heterocycles. The van der Waals surface area contributed by atoms with Crippen LogP contribution in [0.2, 0.25) is 0 Å². The van der Waals surface area contributed by atoms with E-state index in [9.17, 15) is 19.2 Å². The molecular formula is C103H115N3O10. The molecular weight excluding hydrogens is 1440 g/mol. The predicted octanol–water partition coefficient (Wildman–Crippen LogP) is 23.4. The van der Waals surface area contributed by atoms with E-state index in [1.165, 1.54) is 33.4 Å². The second-order valence-electron chi connectivity index (χ2n) is 36.2. The number of ether oxygens (including phenoxy) is 6. The molecule has 13 heteroatoms. The van der Waals surface area contributed by atoms with Gasteiger partial charge in [-0.1, -0.05) is 301 Å². The van der Waals surface area contributed by atoms with Crippen LogP contribution in [0.25, 0.3) is 0 Å². The van der Waals surface area contributed by atoms with Gasteiger partial charge in [0, 0.05) is 22.5 Å². The number of hydrogen-bond acceptors (Lipinski definition) is 11. The number of hydrogen-bond donors (Lipinski definition) is 2. The van der Waals surface area contributed by atoms with Gasteiger partial charge in [-0.3, -0.25) is 20.2 Å². The second-order valence-corrected chi connectivity index (χ2v) is 36.2. The lowest BCUT2D eigenvalue weighted by molar-refractivity contribution is 0.0616. The smallest absolute Gasteiger partial charge is 0.411 e. The molecule has 0 fully saturated rings. The fraction of sp³-hybridized carbons (Fsp3) is 0.330. The zero-order valence-corrected chi connectivity index (χ0v) is 71.0. The largest absolute Gasteiger partial charge is 0.491 e. The van der Waals surface area contributed by atoms with Crippen LogP contribution in [-0.2, 0) is 62.3 Å². The average molecular weight is 1560 g/mol. The zero-order valence-electron chi connectivity index (χ0n) is 71.0. The molecule has 116 heavy (non-hydrogen) atoms. The van der Waals surface area contributed by atoms with Gasteiger partial charge in [0.05, 0.1) is 37.3 Å². The molecule has 0 aliphatic rings. The summed E-state index contributed by atoms with van der Waals surface area (Å²) in [4.78, 5) is 58.2. The van der Waals surface area contributed by atoms with Gasteiger partial charge in [0.2, 0.25) is 11.6 Å². The van der Waals surface area contributed by atoms with Crippen molar-refractivity contribution in [2.24, 2.45) is 0 Å². The summed E-state index contributed by atoms with van der Waals surface area (Å²) in [7, 11) is 0. The fourth-order valence-electron chi connectivity index (χ4n) is 14.7. The molecule has 10 aromatic carbocycles. The molecule has 2 amide bonds. The van der Waals surface area contributed by atoms with Crippen LogP contribution in [0.1, 0.15) is 235 Å². The number of carbonyl (C=O) groups excluding carboxylic acids is 4. The van der Waals surface area contributed by atoms with Gasteiger partial charge in [-0.25, -0.2) is 14.6 Å². The van der Waals surface area contributed by atoms with Gasteiger partial charge in [-0.2, -0.15) is 0 Å². The summed E-state index contributed by atoms with van der Waals surface area (Å²) in [6.07, 6.45) is -1.20. The van der Waals surface area contributed by atoms with Crippen LogP contribution in [-0.4, -0.2) is 81.6 Å². The van der Waals surface area contributed by atoms with E-state index in [-0.39, 0.29) is 108 Å². The minimum absolute atomic E-state index is 0.0217. The molecule has 0 bridgehead atoms. The molecule has 11 aromatic rings. The van der Waals surface area contributed by atoms with E-state index >= 15 is 0 Å². The molecule has 1 heterocycles. The van der Waals surface area contributed by atoms with Crippen molar-refractivity contribution in [2.75, 3.05) is 63.5 Å². The molecule has 602 valence electrons. The molecule has 13 nitrogen and oxygen atoms in total. The molecule has 0 aliphatic carbocycles. The van der Waals surface area contributed by atoms with E-state index in [1.807, 2.05) is 24.3 Å². The van der Waals surface area contributed by atoms with E-state index in [4.69, 9.17) is 28.4 Å². The van der Waals surface area contributed by atoms with Crippen LogP contribution in [0.5, 0.6) is 11.5 Å². The van der Waals surface area contributed by atoms with Crippen LogP contribution in [0.3, 0.4) is 0 Å². The first-order chi connectivity index (χ1) is 54.9. The third-order valence-corrected chi connectivity index (χ3v) is 21.6. The van der Waals surface area contributed by atoms with Crippen LogP contribution in [0.4, 0.5) is 21.0 Å². The van der Waals surface area contributed by atoms with E-state index in [1.54, 1.807) is 66.7 Å². The van der Waals surface area contributed by atoms with Crippen molar-refractivity contribution in [1.29, 1.82) is 0 Å². The Hall–Kier alpha value is -11.3. The van der Waals surface area contributed by atoms with Gasteiger partial charge in [-0.05, 0) is 195 Å². The average Bonchev–Trinajstić information content (AvgIpc) is 0.732. The predicted molar refractivity (Wildman–Crippen MR) is 468 cm³/mol. The van der Waals surface area contributed by atoms with Gasteiger partial charge in [-0.15, -0.1) is 0 Å². The maximum Gasteiger partial charge on any atom is 0.411 e. The Morgan fingerprint density at radius 1 is 0.250 bits per heavy atom. The van der Waals surface area contributed by atoms with Crippen molar-refractivity contribution < 1.29 is 47.6 Å². The maximum absolute atomic E-state index is 13.7. The minimum atomic E-state index is -0.702. The summed E-state index contributed by atoms with van der Waals surface area (Å²) in [5.74, 6) is 0.329. The first kappa shape index (κ1) is 85.6. The first-order valence-corrected chi connectivity index (χ1v) is 40.3. The molecule has 0 unspecified atom stereocenters. The fourth-order valence-corrected chi connectivity index (χ4v) is 14.7. The third kappa shape index (κ3) is 20.7. The van der Waals surface area contributed by atoms with Crippen molar-refractivity contribution in [3.63, 3.8) is 0 Å². The molecule has 0 spiro atoms. The summed E-state index contributed by atoms with van der Waals surface area (Å²) < 4.78 is 34.4. The monoisotopic (exact) mass is 1550 g/mol. The van der Waals surface area contributed by atoms with Crippen molar-refractivity contribution in [3.05, 3.63) is 361 Å². The van der Waals surface area contributed by atoms with Gasteiger partial charge < -0.3 is 28.4 Å². The van der Waals surface area contributed by atoms with Gasteiger partial charge in [0.1, 0.15) is 49.3 Å². The summed E-state index contributed by atoms with van der Waals surface area (Å²) in [5, 5.41) is 5.81. The van der Waals surface area contributed by atoms with Crippen molar-refractivity contribution in [2.45, 2.75) is 168 Å². The molecule has 0 saturated carbocycles. The highest BCUT2D eigenvalue weighted by Gasteiger charge is 2.42. The lowest BCUT2D eigenvalue weighted by Gasteiger charge is -2.38. The van der Waals surface area contributed by atoms with Gasteiger partial charge in [0.25, 0.3) is 0 Å². The number of rotatable bonds is 28.